The van der Waals surface area contributed by atoms with Gasteiger partial charge >= 0.3 is 6.18 Å². The molecule has 5 rings (SSSR count). The normalized spacial score (nSPS) is 18.7. The van der Waals surface area contributed by atoms with Gasteiger partial charge in [-0.25, -0.2) is 19.9 Å². The van der Waals surface area contributed by atoms with Crippen LogP contribution in [-0.2, 0) is 12.7 Å². The maximum Gasteiger partial charge on any atom is 0.434 e. The molecule has 2 N–H and O–H groups in total. The number of anilines is 1. The molecule has 3 aromatic rings. The molecule has 0 amide bonds. The lowest BCUT2D eigenvalue weighted by Crippen LogP contribution is -2.37. The number of imidazole rings is 1. The van der Waals surface area contributed by atoms with Gasteiger partial charge < -0.3 is 19.9 Å². The van der Waals surface area contributed by atoms with E-state index in [2.05, 4.69) is 29.8 Å². The lowest BCUT2D eigenvalue weighted by molar-refractivity contribution is -0.140. The summed E-state index contributed by atoms with van der Waals surface area (Å²) in [5, 5.41) is 0. The van der Waals surface area contributed by atoms with Crippen molar-refractivity contribution in [1.29, 1.82) is 0 Å². The van der Waals surface area contributed by atoms with E-state index in [9.17, 15) is 13.2 Å². The average Bonchev–Trinajstić information content (AvgIpc) is 3.68. The van der Waals surface area contributed by atoms with Crippen molar-refractivity contribution in [3.63, 3.8) is 0 Å². The number of rotatable bonds is 6. The molecule has 1 aliphatic carbocycles. The standard InChI is InChI=1S/C26H29F3N8O/c1-4-36-13-19(26(27,28)29)35-24(36)16-7-8-20(32-11-16)37-10-9-18(31-2)17(12-37)22(30)21-23(15-5-6-15)33-14-34-25(21)38-3/h7-8,11,13-15H,4-6,9-10,12,30H2,1-3H3/b22-17-,31-18?. The van der Waals surface area contributed by atoms with Gasteiger partial charge in [-0.3, -0.25) is 4.99 Å². The lowest BCUT2D eigenvalue weighted by atomic mass is 9.95. The van der Waals surface area contributed by atoms with Crippen molar-refractivity contribution in [3.05, 3.63) is 53.4 Å². The third-order valence-corrected chi connectivity index (χ3v) is 6.92. The van der Waals surface area contributed by atoms with Gasteiger partial charge in [0.2, 0.25) is 5.88 Å². The minimum Gasteiger partial charge on any atom is -0.480 e. The number of hydrogen-bond acceptors (Lipinski definition) is 8. The Morgan fingerprint density at radius 1 is 1.21 bits per heavy atom. The van der Waals surface area contributed by atoms with Crippen LogP contribution in [0.5, 0.6) is 5.88 Å². The molecule has 0 aromatic carbocycles. The Morgan fingerprint density at radius 2 is 2.00 bits per heavy atom. The van der Waals surface area contributed by atoms with Gasteiger partial charge in [-0.15, -0.1) is 0 Å². The molecule has 38 heavy (non-hydrogen) atoms. The predicted octanol–water partition coefficient (Wildman–Crippen LogP) is 4.31. The zero-order chi connectivity index (χ0) is 27.0. The van der Waals surface area contributed by atoms with Crippen molar-refractivity contribution in [3.8, 4) is 17.3 Å². The van der Waals surface area contributed by atoms with E-state index >= 15 is 0 Å². The molecule has 9 nitrogen and oxygen atoms in total. The highest BCUT2D eigenvalue weighted by Crippen LogP contribution is 2.44. The zero-order valence-corrected chi connectivity index (χ0v) is 21.5. The van der Waals surface area contributed by atoms with Gasteiger partial charge in [0, 0.05) is 68.3 Å². The van der Waals surface area contributed by atoms with Gasteiger partial charge in [0.25, 0.3) is 0 Å². The summed E-state index contributed by atoms with van der Waals surface area (Å²) < 4.78 is 46.6. The number of aromatic nitrogens is 5. The van der Waals surface area contributed by atoms with E-state index in [4.69, 9.17) is 10.5 Å². The second-order valence-electron chi connectivity index (χ2n) is 9.29. The summed E-state index contributed by atoms with van der Waals surface area (Å²) in [5.74, 6) is 1.68. The largest absolute Gasteiger partial charge is 0.480 e. The van der Waals surface area contributed by atoms with Crippen molar-refractivity contribution >= 4 is 17.2 Å². The molecular weight excluding hydrogens is 497 g/mol. The summed E-state index contributed by atoms with van der Waals surface area (Å²) in [6.07, 6.45) is 2.32. The van der Waals surface area contributed by atoms with Gasteiger partial charge in [0.15, 0.2) is 5.69 Å². The first-order chi connectivity index (χ1) is 18.2. The van der Waals surface area contributed by atoms with E-state index in [0.29, 0.717) is 60.5 Å². The third kappa shape index (κ3) is 4.82. The second-order valence-corrected chi connectivity index (χ2v) is 9.29. The van der Waals surface area contributed by atoms with Crippen LogP contribution in [0.1, 0.15) is 49.1 Å². The number of ether oxygens (including phenoxy) is 1. The molecule has 0 radical (unpaired) electrons. The number of halogens is 3. The number of aliphatic imine (C=N–C) groups is 1. The van der Waals surface area contributed by atoms with Gasteiger partial charge in [-0.05, 0) is 31.9 Å². The summed E-state index contributed by atoms with van der Waals surface area (Å²) in [7, 11) is 3.31. The molecule has 4 heterocycles. The van der Waals surface area contributed by atoms with Crippen LogP contribution in [0.25, 0.3) is 17.1 Å². The quantitative estimate of drug-likeness (QED) is 0.510. The minimum absolute atomic E-state index is 0.228. The zero-order valence-electron chi connectivity index (χ0n) is 21.5. The summed E-state index contributed by atoms with van der Waals surface area (Å²) in [6, 6.07) is 3.54. The Balaban J connectivity index is 1.47. The number of alkyl halides is 3. The smallest absolute Gasteiger partial charge is 0.434 e. The summed E-state index contributed by atoms with van der Waals surface area (Å²) in [6.45, 7) is 3.24. The summed E-state index contributed by atoms with van der Waals surface area (Å²) >= 11 is 0. The van der Waals surface area contributed by atoms with E-state index in [0.717, 1.165) is 36.0 Å². The molecule has 0 atom stereocenters. The summed E-state index contributed by atoms with van der Waals surface area (Å²) in [4.78, 5) is 23.8. The Morgan fingerprint density at radius 3 is 2.61 bits per heavy atom. The Hall–Kier alpha value is -3.96. The number of nitrogens with zero attached hydrogens (tertiary/aromatic N) is 7. The fraction of sp³-hybridized carbons (Fsp3) is 0.423. The van der Waals surface area contributed by atoms with Crippen molar-refractivity contribution < 1.29 is 17.9 Å². The molecule has 3 aromatic heterocycles. The highest BCUT2D eigenvalue weighted by Gasteiger charge is 2.35. The van der Waals surface area contributed by atoms with Crippen LogP contribution < -0.4 is 15.4 Å². The van der Waals surface area contributed by atoms with Crippen LogP contribution in [0.3, 0.4) is 0 Å². The van der Waals surface area contributed by atoms with Crippen LogP contribution in [0, 0.1) is 0 Å². The fourth-order valence-corrected chi connectivity index (χ4v) is 4.77. The molecule has 2 aliphatic rings. The van der Waals surface area contributed by atoms with Crippen LogP contribution >= 0.6 is 0 Å². The Kier molecular flexibility index (Phi) is 6.80. The lowest BCUT2D eigenvalue weighted by Gasteiger charge is -2.32. The Labute approximate surface area is 218 Å². The third-order valence-electron chi connectivity index (χ3n) is 6.92. The maximum atomic E-state index is 13.2. The maximum absolute atomic E-state index is 13.2. The van der Waals surface area contributed by atoms with Crippen molar-refractivity contribution in [1.82, 2.24) is 24.5 Å². The van der Waals surface area contributed by atoms with Crippen LogP contribution in [0.15, 0.2) is 41.4 Å². The highest BCUT2D eigenvalue weighted by molar-refractivity contribution is 6.08. The number of aryl methyl sites for hydroxylation is 1. The number of piperidine rings is 1. The van der Waals surface area contributed by atoms with Gasteiger partial charge in [0.1, 0.15) is 18.0 Å². The molecule has 12 heteroatoms. The Bertz CT molecular complexity index is 1390. The molecule has 0 unspecified atom stereocenters. The van der Waals surface area contributed by atoms with E-state index in [1.54, 1.807) is 39.4 Å². The van der Waals surface area contributed by atoms with Crippen LogP contribution in [-0.4, -0.2) is 57.5 Å². The van der Waals surface area contributed by atoms with Gasteiger partial charge in [0.05, 0.1) is 24.1 Å². The van der Waals surface area contributed by atoms with E-state index in [1.807, 2.05) is 0 Å². The molecule has 0 spiro atoms. The van der Waals surface area contributed by atoms with Crippen LogP contribution in [0.4, 0.5) is 19.0 Å². The van der Waals surface area contributed by atoms with Crippen molar-refractivity contribution in [2.24, 2.45) is 10.7 Å². The van der Waals surface area contributed by atoms with Gasteiger partial charge in [-0.2, -0.15) is 13.2 Å². The molecule has 1 saturated carbocycles. The first-order valence-corrected chi connectivity index (χ1v) is 12.4. The number of methoxy groups -OCH3 is 1. The molecule has 0 bridgehead atoms. The van der Waals surface area contributed by atoms with Gasteiger partial charge in [-0.1, -0.05) is 0 Å². The SMILES string of the molecule is CCn1cc(C(F)(F)F)nc1-c1ccc(N2CCC(=NC)/C(=C(\N)c3c(OC)ncnc3C3CC3)C2)nc1. The first kappa shape index (κ1) is 25.7. The monoisotopic (exact) mass is 526 g/mol. The molecule has 200 valence electrons. The van der Waals surface area contributed by atoms with Crippen molar-refractivity contribution in [2.45, 2.75) is 44.8 Å². The second kappa shape index (κ2) is 10.1. The highest BCUT2D eigenvalue weighted by atomic mass is 19.4. The first-order valence-electron chi connectivity index (χ1n) is 12.4. The van der Waals surface area contributed by atoms with Crippen LogP contribution in [0.2, 0.25) is 0 Å². The number of hydrogen-bond donors (Lipinski definition) is 1. The molecule has 1 saturated heterocycles. The number of nitrogens with two attached hydrogens (primary N) is 1. The topological polar surface area (TPSA) is 107 Å². The van der Waals surface area contributed by atoms with Crippen molar-refractivity contribution in [2.75, 3.05) is 32.1 Å². The van der Waals surface area contributed by atoms with E-state index < -0.39 is 11.9 Å². The molecular formula is C26H29F3N8O. The predicted molar refractivity (Wildman–Crippen MR) is 138 cm³/mol. The average molecular weight is 527 g/mol. The van der Waals surface area contributed by atoms with E-state index in [1.165, 1.54) is 10.9 Å². The minimum atomic E-state index is -4.51. The number of pyridine rings is 1. The molecule has 2 fully saturated rings. The fourth-order valence-electron chi connectivity index (χ4n) is 4.77. The molecule has 1 aliphatic heterocycles. The summed E-state index contributed by atoms with van der Waals surface area (Å²) in [5.41, 5.74) is 10.3. The van der Waals surface area contributed by atoms with E-state index in [-0.39, 0.29) is 5.82 Å².